The van der Waals surface area contributed by atoms with Gasteiger partial charge in [-0.25, -0.2) is 0 Å². The predicted molar refractivity (Wildman–Crippen MR) is 306 cm³/mol. The summed E-state index contributed by atoms with van der Waals surface area (Å²) >= 11 is 0. The van der Waals surface area contributed by atoms with Gasteiger partial charge in [0.05, 0.1) is 0 Å². The van der Waals surface area contributed by atoms with Gasteiger partial charge in [0, 0.05) is 19.3 Å². The van der Waals surface area contributed by atoms with Crippen LogP contribution in [0.1, 0.15) is 239 Å². The van der Waals surface area contributed by atoms with E-state index in [1.54, 1.807) is 0 Å². The molecule has 0 amide bonds. The summed E-state index contributed by atoms with van der Waals surface area (Å²) in [7, 11) is 0. The molecular formula is C65H104O6. The lowest BCUT2D eigenvalue weighted by atomic mass is 10.1. The lowest BCUT2D eigenvalue weighted by Crippen LogP contribution is -2.30. The molecule has 0 aliphatic heterocycles. The molecule has 0 aromatic rings. The highest BCUT2D eigenvalue weighted by molar-refractivity contribution is 5.71. The number of ether oxygens (including phenoxy) is 3. The van der Waals surface area contributed by atoms with Crippen molar-refractivity contribution >= 4 is 17.9 Å². The minimum atomic E-state index is -0.823. The smallest absolute Gasteiger partial charge is 0.306 e. The maximum Gasteiger partial charge on any atom is 0.306 e. The first kappa shape index (κ1) is 66.6. The summed E-state index contributed by atoms with van der Waals surface area (Å²) < 4.78 is 16.8. The zero-order valence-corrected chi connectivity index (χ0v) is 45.7. The molecule has 0 aliphatic rings. The summed E-state index contributed by atoms with van der Waals surface area (Å²) in [5.41, 5.74) is 0. The molecular weight excluding hydrogens is 877 g/mol. The van der Waals surface area contributed by atoms with Gasteiger partial charge in [-0.1, -0.05) is 225 Å². The third-order valence-electron chi connectivity index (χ3n) is 11.6. The van der Waals surface area contributed by atoms with Crippen LogP contribution in [0.2, 0.25) is 0 Å². The Bertz CT molecular complexity index is 1550. The number of hydrogen-bond donors (Lipinski definition) is 0. The Morgan fingerprint density at radius 3 is 0.901 bits per heavy atom. The predicted octanol–water partition coefficient (Wildman–Crippen LogP) is 19.4. The Hall–Kier alpha value is -4.45. The van der Waals surface area contributed by atoms with Crippen molar-refractivity contribution in [3.63, 3.8) is 0 Å². The van der Waals surface area contributed by atoms with Gasteiger partial charge < -0.3 is 14.2 Å². The van der Waals surface area contributed by atoms with Crippen LogP contribution in [0.15, 0.2) is 134 Å². The molecule has 71 heavy (non-hydrogen) atoms. The topological polar surface area (TPSA) is 78.9 Å². The van der Waals surface area contributed by atoms with Gasteiger partial charge in [-0.3, -0.25) is 14.4 Å². The van der Waals surface area contributed by atoms with Crippen LogP contribution >= 0.6 is 0 Å². The number of carbonyl (C=O) groups is 3. The number of rotatable bonds is 50. The average Bonchev–Trinajstić information content (AvgIpc) is 3.37. The largest absolute Gasteiger partial charge is 0.462 e. The molecule has 0 aliphatic carbocycles. The minimum Gasteiger partial charge on any atom is -0.462 e. The molecule has 0 aromatic carbocycles. The zero-order chi connectivity index (χ0) is 51.4. The second-order valence-electron chi connectivity index (χ2n) is 18.4. The van der Waals surface area contributed by atoms with Crippen LogP contribution in [0, 0.1) is 0 Å². The average molecular weight is 982 g/mol. The maximum absolute atomic E-state index is 12.8. The number of unbranched alkanes of at least 4 members (excludes halogenated alkanes) is 17. The highest BCUT2D eigenvalue weighted by atomic mass is 16.6. The monoisotopic (exact) mass is 981 g/mol. The van der Waals surface area contributed by atoms with E-state index in [0.717, 1.165) is 128 Å². The second kappa shape index (κ2) is 58.1. The molecule has 1 atom stereocenters. The first-order chi connectivity index (χ1) is 35.0. The third kappa shape index (κ3) is 56.3. The van der Waals surface area contributed by atoms with Crippen molar-refractivity contribution in [1.82, 2.24) is 0 Å². The summed E-state index contributed by atoms with van der Waals surface area (Å²) in [6.07, 6.45) is 81.5. The number of carbonyl (C=O) groups excluding carboxylic acids is 3. The molecule has 0 rings (SSSR count). The minimum absolute atomic E-state index is 0.114. The van der Waals surface area contributed by atoms with Gasteiger partial charge in [-0.05, 0) is 128 Å². The van der Waals surface area contributed by atoms with E-state index >= 15 is 0 Å². The van der Waals surface area contributed by atoms with Crippen molar-refractivity contribution < 1.29 is 28.6 Å². The Kier molecular flexibility index (Phi) is 54.5. The van der Waals surface area contributed by atoms with E-state index in [9.17, 15) is 14.4 Å². The molecule has 0 saturated heterocycles. The van der Waals surface area contributed by atoms with E-state index in [2.05, 4.69) is 154 Å². The van der Waals surface area contributed by atoms with Crippen molar-refractivity contribution in [2.45, 2.75) is 245 Å². The first-order valence-electron chi connectivity index (χ1n) is 28.7. The van der Waals surface area contributed by atoms with Crippen molar-refractivity contribution in [1.29, 1.82) is 0 Å². The van der Waals surface area contributed by atoms with Crippen LogP contribution < -0.4 is 0 Å². The molecule has 0 aromatic heterocycles. The fourth-order valence-electron chi connectivity index (χ4n) is 7.38. The summed E-state index contributed by atoms with van der Waals surface area (Å²) in [6.45, 7) is 6.32. The lowest BCUT2D eigenvalue weighted by molar-refractivity contribution is -0.167. The first-order valence-corrected chi connectivity index (χ1v) is 28.7. The number of esters is 3. The summed E-state index contributed by atoms with van der Waals surface area (Å²) in [6, 6.07) is 0. The fourth-order valence-corrected chi connectivity index (χ4v) is 7.38. The van der Waals surface area contributed by atoms with Crippen LogP contribution in [0.5, 0.6) is 0 Å². The molecule has 0 fully saturated rings. The Labute approximate surface area is 436 Å². The van der Waals surface area contributed by atoms with Crippen LogP contribution in [0.4, 0.5) is 0 Å². The molecule has 0 spiro atoms. The van der Waals surface area contributed by atoms with Crippen LogP contribution in [0.3, 0.4) is 0 Å². The quantitative estimate of drug-likeness (QED) is 0.0262. The Balaban J connectivity index is 4.53. The molecule has 6 nitrogen and oxygen atoms in total. The maximum atomic E-state index is 12.8. The number of hydrogen-bond acceptors (Lipinski definition) is 6. The van der Waals surface area contributed by atoms with E-state index in [1.807, 2.05) is 0 Å². The van der Waals surface area contributed by atoms with Crippen molar-refractivity contribution in [3.05, 3.63) is 134 Å². The van der Waals surface area contributed by atoms with E-state index in [1.165, 1.54) is 64.2 Å². The van der Waals surface area contributed by atoms with E-state index < -0.39 is 6.10 Å². The van der Waals surface area contributed by atoms with E-state index in [4.69, 9.17) is 14.2 Å². The van der Waals surface area contributed by atoms with Crippen molar-refractivity contribution in [2.75, 3.05) is 13.2 Å². The summed E-state index contributed by atoms with van der Waals surface area (Å²) in [5, 5.41) is 0. The number of allylic oxidation sites excluding steroid dienone is 22. The third-order valence-corrected chi connectivity index (χ3v) is 11.6. The molecule has 1 unspecified atom stereocenters. The van der Waals surface area contributed by atoms with Gasteiger partial charge in [0.2, 0.25) is 0 Å². The van der Waals surface area contributed by atoms with E-state index in [-0.39, 0.29) is 37.5 Å². The molecule has 0 saturated carbocycles. The highest BCUT2D eigenvalue weighted by Gasteiger charge is 2.19. The van der Waals surface area contributed by atoms with Crippen molar-refractivity contribution in [3.8, 4) is 0 Å². The SMILES string of the molecule is CC/C=C\C/C=C\C/C=C\C/C=C\C/C=C\CCCC(=O)OC(COC(=O)CCCCCCCC/C=C\C/C=C\C/C=C\C/C=C\CC)COC(=O)CCCCCCCCC/C=C\C/C=C\CCCCC. The zero-order valence-electron chi connectivity index (χ0n) is 45.7. The second-order valence-corrected chi connectivity index (χ2v) is 18.4. The molecule has 0 N–H and O–H groups in total. The molecule has 0 radical (unpaired) electrons. The van der Waals surface area contributed by atoms with Gasteiger partial charge >= 0.3 is 17.9 Å². The summed E-state index contributed by atoms with van der Waals surface area (Å²) in [4.78, 5) is 38.2. The Morgan fingerprint density at radius 1 is 0.296 bits per heavy atom. The Morgan fingerprint density at radius 2 is 0.563 bits per heavy atom. The van der Waals surface area contributed by atoms with Gasteiger partial charge in [-0.15, -0.1) is 0 Å². The van der Waals surface area contributed by atoms with Crippen LogP contribution in [-0.2, 0) is 28.6 Å². The van der Waals surface area contributed by atoms with Crippen molar-refractivity contribution in [2.24, 2.45) is 0 Å². The highest BCUT2D eigenvalue weighted by Crippen LogP contribution is 2.13. The molecule has 400 valence electrons. The van der Waals surface area contributed by atoms with Crippen LogP contribution in [0.25, 0.3) is 0 Å². The molecule has 0 bridgehead atoms. The normalized spacial score (nSPS) is 13.1. The van der Waals surface area contributed by atoms with Crippen LogP contribution in [-0.4, -0.2) is 37.2 Å². The van der Waals surface area contributed by atoms with Gasteiger partial charge in [0.1, 0.15) is 13.2 Å². The molecule has 6 heteroatoms. The standard InChI is InChI=1S/C65H104O6/c1-4-7-10-13-16-19-22-25-28-31-32-35-37-40-43-46-49-52-55-58-64(67)70-61-62(71-65(68)59-56-53-50-47-44-41-38-34-30-27-24-21-18-15-12-9-6-3)60-69-63(66)57-54-51-48-45-42-39-36-33-29-26-23-20-17-14-11-8-5-2/h7,9-10,12,16-21,25-30,32,35,38,41,47,50,62H,4-6,8,11,13-15,22-24,31,33-34,36-37,39-40,42-46,48-49,51-61H2,1-3H3/b10-7-,12-9-,19-16-,20-17-,21-18-,28-25-,29-26-,30-27-,35-32-,41-38-,50-47-. The van der Waals surface area contributed by atoms with E-state index in [0.29, 0.717) is 19.3 Å². The van der Waals surface area contributed by atoms with Gasteiger partial charge in [0.15, 0.2) is 6.10 Å². The van der Waals surface area contributed by atoms with Gasteiger partial charge in [0.25, 0.3) is 0 Å². The molecule has 0 heterocycles. The fraction of sp³-hybridized carbons (Fsp3) is 0.615. The van der Waals surface area contributed by atoms with Gasteiger partial charge in [-0.2, -0.15) is 0 Å². The summed E-state index contributed by atoms with van der Waals surface area (Å²) in [5.74, 6) is -0.998. The lowest BCUT2D eigenvalue weighted by Gasteiger charge is -2.18.